The van der Waals surface area contributed by atoms with Crippen molar-refractivity contribution in [1.29, 1.82) is 0 Å². The molecular formula is C11H16F3N5O2. The lowest BCUT2D eigenvalue weighted by atomic mass is 10.1. The summed E-state index contributed by atoms with van der Waals surface area (Å²) in [6.45, 7) is -1.95. The molecule has 0 saturated heterocycles. The van der Waals surface area contributed by atoms with Gasteiger partial charge in [-0.2, -0.15) is 18.3 Å². The van der Waals surface area contributed by atoms with Gasteiger partial charge in [0.2, 0.25) is 11.8 Å². The summed E-state index contributed by atoms with van der Waals surface area (Å²) in [5, 5.41) is 5.53. The van der Waals surface area contributed by atoms with Crippen molar-refractivity contribution in [2.24, 2.45) is 12.8 Å². The van der Waals surface area contributed by atoms with Crippen LogP contribution < -0.4 is 11.1 Å². The highest BCUT2D eigenvalue weighted by atomic mass is 19.4. The second-order valence-electron chi connectivity index (χ2n) is 4.51. The summed E-state index contributed by atoms with van der Waals surface area (Å²) in [4.78, 5) is 24.2. The molecular weight excluding hydrogens is 291 g/mol. The Morgan fingerprint density at radius 3 is 2.62 bits per heavy atom. The molecule has 1 rings (SSSR count). The van der Waals surface area contributed by atoms with Crippen molar-refractivity contribution in [3.8, 4) is 0 Å². The summed E-state index contributed by atoms with van der Waals surface area (Å²) < 4.78 is 37.3. The molecule has 0 aromatic carbocycles. The highest BCUT2D eigenvalue weighted by Gasteiger charge is 2.28. The molecule has 0 spiro atoms. The summed E-state index contributed by atoms with van der Waals surface area (Å²) in [7, 11) is 2.93. The number of nitrogens with two attached hydrogens (primary N) is 1. The number of aryl methyl sites for hydroxylation is 1. The van der Waals surface area contributed by atoms with Gasteiger partial charge < -0.3 is 16.0 Å². The maximum Gasteiger partial charge on any atom is 0.405 e. The van der Waals surface area contributed by atoms with E-state index in [0.717, 1.165) is 4.90 Å². The number of alkyl halides is 3. The molecule has 2 amide bonds. The molecule has 0 fully saturated rings. The van der Waals surface area contributed by atoms with Crippen LogP contribution in [0.4, 0.5) is 13.2 Å². The van der Waals surface area contributed by atoms with Gasteiger partial charge in [0.05, 0.1) is 12.7 Å². The van der Waals surface area contributed by atoms with Gasteiger partial charge in [-0.05, 0) is 0 Å². The Balaban J connectivity index is 2.52. The summed E-state index contributed by atoms with van der Waals surface area (Å²) >= 11 is 0. The zero-order valence-corrected chi connectivity index (χ0v) is 11.5. The Bertz CT molecular complexity index is 514. The van der Waals surface area contributed by atoms with Crippen LogP contribution in [0.5, 0.6) is 0 Å². The van der Waals surface area contributed by atoms with E-state index in [0.29, 0.717) is 5.56 Å². The molecule has 0 aliphatic rings. The third-order valence-corrected chi connectivity index (χ3v) is 2.59. The van der Waals surface area contributed by atoms with Crippen molar-refractivity contribution in [2.75, 3.05) is 20.1 Å². The van der Waals surface area contributed by atoms with Crippen LogP contribution in [0.2, 0.25) is 0 Å². The van der Waals surface area contributed by atoms with Gasteiger partial charge in [-0.3, -0.25) is 14.3 Å². The number of carbonyl (C=O) groups excluding carboxylic acids is 2. The highest BCUT2D eigenvalue weighted by molar-refractivity contribution is 5.87. The van der Waals surface area contributed by atoms with Gasteiger partial charge in [0.15, 0.2) is 0 Å². The van der Waals surface area contributed by atoms with Crippen molar-refractivity contribution in [1.82, 2.24) is 20.0 Å². The van der Waals surface area contributed by atoms with Gasteiger partial charge in [-0.15, -0.1) is 0 Å². The van der Waals surface area contributed by atoms with Crippen LogP contribution in [-0.2, 0) is 16.6 Å². The minimum Gasteiger partial charge on any atom is -0.345 e. The predicted octanol–water partition coefficient (Wildman–Crippen LogP) is -0.443. The van der Waals surface area contributed by atoms with E-state index < -0.39 is 37.1 Å². The minimum atomic E-state index is -4.50. The fourth-order valence-corrected chi connectivity index (χ4v) is 1.53. The molecule has 118 valence electrons. The number of hydrogen-bond donors (Lipinski definition) is 2. The van der Waals surface area contributed by atoms with Gasteiger partial charge in [0.1, 0.15) is 12.6 Å². The topological polar surface area (TPSA) is 93.2 Å². The first-order valence-electron chi connectivity index (χ1n) is 5.92. The number of rotatable bonds is 5. The standard InChI is InChI=1S/C11H16F3N5O2/c1-18(5-8(20)16-6-11(12,13)14)10(21)9(15)7-3-17-19(2)4-7/h3-4,9H,5-6,15H2,1-2H3,(H,16,20). The molecule has 10 heteroatoms. The largest absolute Gasteiger partial charge is 0.405 e. The Hall–Kier alpha value is -2.10. The maximum absolute atomic E-state index is 12.0. The molecule has 1 heterocycles. The molecule has 0 bridgehead atoms. The van der Waals surface area contributed by atoms with Gasteiger partial charge in [-0.1, -0.05) is 0 Å². The highest BCUT2D eigenvalue weighted by Crippen LogP contribution is 2.13. The van der Waals surface area contributed by atoms with Crippen molar-refractivity contribution in [2.45, 2.75) is 12.2 Å². The number of hydrogen-bond acceptors (Lipinski definition) is 4. The third-order valence-electron chi connectivity index (χ3n) is 2.59. The van der Waals surface area contributed by atoms with Gasteiger partial charge in [0, 0.05) is 25.9 Å². The molecule has 1 unspecified atom stereocenters. The first-order valence-corrected chi connectivity index (χ1v) is 5.92. The predicted molar refractivity (Wildman–Crippen MR) is 66.8 cm³/mol. The van der Waals surface area contributed by atoms with Gasteiger partial charge in [-0.25, -0.2) is 0 Å². The quantitative estimate of drug-likeness (QED) is 0.771. The van der Waals surface area contributed by atoms with E-state index in [-0.39, 0.29) is 0 Å². The maximum atomic E-state index is 12.0. The van der Waals surface area contributed by atoms with Crippen molar-refractivity contribution < 1.29 is 22.8 Å². The molecule has 1 atom stereocenters. The fourth-order valence-electron chi connectivity index (χ4n) is 1.53. The van der Waals surface area contributed by atoms with Crippen LogP contribution in [0.3, 0.4) is 0 Å². The Morgan fingerprint density at radius 2 is 2.14 bits per heavy atom. The van der Waals surface area contributed by atoms with Crippen LogP contribution in [0.15, 0.2) is 12.4 Å². The molecule has 0 aliphatic carbocycles. The Kier molecular flexibility index (Phi) is 5.30. The zero-order valence-electron chi connectivity index (χ0n) is 11.5. The first kappa shape index (κ1) is 17.0. The summed E-state index contributed by atoms with van der Waals surface area (Å²) in [5.74, 6) is -1.51. The normalized spacial score (nSPS) is 12.9. The van der Waals surface area contributed by atoms with Crippen molar-refractivity contribution >= 4 is 11.8 Å². The minimum absolute atomic E-state index is 0.449. The average molecular weight is 307 g/mol. The summed E-state index contributed by atoms with van der Waals surface area (Å²) in [6, 6.07) is -1.03. The molecule has 0 aliphatic heterocycles. The molecule has 21 heavy (non-hydrogen) atoms. The lowest BCUT2D eigenvalue weighted by molar-refractivity contribution is -0.142. The van der Waals surface area contributed by atoms with E-state index in [2.05, 4.69) is 5.10 Å². The fraction of sp³-hybridized carbons (Fsp3) is 0.545. The van der Waals surface area contributed by atoms with Crippen molar-refractivity contribution in [3.63, 3.8) is 0 Å². The van der Waals surface area contributed by atoms with E-state index in [1.165, 1.54) is 17.9 Å². The van der Waals surface area contributed by atoms with Gasteiger partial charge in [0.25, 0.3) is 0 Å². The van der Waals surface area contributed by atoms with E-state index in [9.17, 15) is 22.8 Å². The van der Waals surface area contributed by atoms with E-state index in [1.54, 1.807) is 18.6 Å². The van der Waals surface area contributed by atoms with Crippen LogP contribution >= 0.6 is 0 Å². The first-order chi connectivity index (χ1) is 9.60. The number of likely N-dealkylation sites (N-methyl/N-ethyl adjacent to an activating group) is 1. The monoisotopic (exact) mass is 307 g/mol. The SMILES string of the molecule is CN(CC(=O)NCC(F)(F)F)C(=O)C(N)c1cnn(C)c1. The summed E-state index contributed by atoms with van der Waals surface area (Å²) in [6.07, 6.45) is -1.55. The second-order valence-corrected chi connectivity index (χ2v) is 4.51. The number of halogens is 3. The van der Waals surface area contributed by atoms with Gasteiger partial charge >= 0.3 is 6.18 Å². The lowest BCUT2D eigenvalue weighted by Gasteiger charge is -2.20. The van der Waals surface area contributed by atoms with E-state index in [1.807, 2.05) is 0 Å². The smallest absolute Gasteiger partial charge is 0.345 e. The Morgan fingerprint density at radius 1 is 1.52 bits per heavy atom. The number of aromatic nitrogens is 2. The second kappa shape index (κ2) is 6.57. The van der Waals surface area contributed by atoms with E-state index in [4.69, 9.17) is 5.73 Å². The molecule has 0 saturated carbocycles. The molecule has 7 nitrogen and oxygen atoms in total. The van der Waals surface area contributed by atoms with Crippen LogP contribution in [0, 0.1) is 0 Å². The Labute approximate surface area is 118 Å². The molecule has 0 radical (unpaired) electrons. The zero-order chi connectivity index (χ0) is 16.2. The van der Waals surface area contributed by atoms with E-state index >= 15 is 0 Å². The van der Waals surface area contributed by atoms with Crippen molar-refractivity contribution in [3.05, 3.63) is 18.0 Å². The van der Waals surface area contributed by atoms with Crippen LogP contribution in [0.25, 0.3) is 0 Å². The average Bonchev–Trinajstić information content (AvgIpc) is 2.80. The summed E-state index contributed by atoms with van der Waals surface area (Å²) in [5.41, 5.74) is 6.16. The number of amides is 2. The lowest BCUT2D eigenvalue weighted by Crippen LogP contribution is -2.44. The molecule has 3 N–H and O–H groups in total. The van der Waals surface area contributed by atoms with Crippen LogP contribution in [-0.4, -0.2) is 52.8 Å². The third kappa shape index (κ3) is 5.42. The number of nitrogens with zero attached hydrogens (tertiary/aromatic N) is 3. The number of carbonyl (C=O) groups is 2. The molecule has 1 aromatic heterocycles. The van der Waals surface area contributed by atoms with Crippen LogP contribution in [0.1, 0.15) is 11.6 Å². The molecule has 1 aromatic rings. The number of nitrogens with one attached hydrogen (secondary N) is 1.